The van der Waals surface area contributed by atoms with E-state index in [9.17, 15) is 32.3 Å². The summed E-state index contributed by atoms with van der Waals surface area (Å²) in [5.41, 5.74) is -0.732. The molecule has 2 unspecified atom stereocenters. The maximum absolute atomic E-state index is 13.5. The van der Waals surface area contributed by atoms with E-state index in [-0.39, 0.29) is 0 Å². The van der Waals surface area contributed by atoms with Gasteiger partial charge in [0.2, 0.25) is 11.8 Å². The molecule has 1 saturated heterocycles. The van der Waals surface area contributed by atoms with Gasteiger partial charge in [-0.1, -0.05) is 42.5 Å². The SMILES string of the molecule is Cc1ccccc1N1C(=O)/C=C/C2C(=O)N(c3ccccc3C(F)(F)F)C(=O)C2/C=C/C1=O. The number of benzene rings is 2. The van der Waals surface area contributed by atoms with Gasteiger partial charge in [0, 0.05) is 12.2 Å². The largest absolute Gasteiger partial charge is 0.418 e. The predicted molar refractivity (Wildman–Crippen MR) is 113 cm³/mol. The minimum atomic E-state index is -4.79. The Hall–Kier alpha value is -4.01. The van der Waals surface area contributed by atoms with Crippen molar-refractivity contribution >= 4 is 35.0 Å². The molecule has 4 rings (SSSR count). The Morgan fingerprint density at radius 2 is 1.18 bits per heavy atom. The van der Waals surface area contributed by atoms with Gasteiger partial charge in [-0.15, -0.1) is 0 Å². The van der Waals surface area contributed by atoms with Gasteiger partial charge < -0.3 is 0 Å². The zero-order valence-corrected chi connectivity index (χ0v) is 17.2. The molecule has 2 aromatic carbocycles. The highest BCUT2D eigenvalue weighted by atomic mass is 19.4. The van der Waals surface area contributed by atoms with E-state index in [0.717, 1.165) is 47.4 Å². The van der Waals surface area contributed by atoms with Crippen molar-refractivity contribution in [2.75, 3.05) is 9.80 Å². The molecule has 6 nitrogen and oxygen atoms in total. The highest BCUT2D eigenvalue weighted by molar-refractivity contribution is 6.26. The van der Waals surface area contributed by atoms with Gasteiger partial charge in [-0.05, 0) is 30.7 Å². The molecule has 33 heavy (non-hydrogen) atoms. The highest BCUT2D eigenvalue weighted by Gasteiger charge is 2.49. The summed E-state index contributed by atoms with van der Waals surface area (Å²) < 4.78 is 40.4. The van der Waals surface area contributed by atoms with Crippen LogP contribution in [0.5, 0.6) is 0 Å². The minimum absolute atomic E-state index is 0.340. The number of carbonyl (C=O) groups excluding carboxylic acids is 4. The molecule has 2 atom stereocenters. The van der Waals surface area contributed by atoms with Crippen LogP contribution in [-0.2, 0) is 25.4 Å². The first-order valence-corrected chi connectivity index (χ1v) is 9.95. The molecule has 0 bridgehead atoms. The number of carbonyl (C=O) groups is 4. The summed E-state index contributed by atoms with van der Waals surface area (Å²) in [6, 6.07) is 10.9. The zero-order chi connectivity index (χ0) is 23.9. The van der Waals surface area contributed by atoms with E-state index in [1.807, 2.05) is 0 Å². The molecule has 168 valence electrons. The summed E-state index contributed by atoms with van der Waals surface area (Å²) in [6.45, 7) is 1.72. The first-order chi connectivity index (χ1) is 15.6. The third-order valence-corrected chi connectivity index (χ3v) is 5.54. The second-order valence-electron chi connectivity index (χ2n) is 7.59. The lowest BCUT2D eigenvalue weighted by molar-refractivity contribution is -0.137. The van der Waals surface area contributed by atoms with Crippen LogP contribution < -0.4 is 9.80 Å². The summed E-state index contributed by atoms with van der Waals surface area (Å²) in [4.78, 5) is 53.1. The third kappa shape index (κ3) is 3.86. The highest BCUT2D eigenvalue weighted by Crippen LogP contribution is 2.41. The van der Waals surface area contributed by atoms with E-state index in [1.54, 1.807) is 31.2 Å². The lowest BCUT2D eigenvalue weighted by Gasteiger charge is -2.20. The third-order valence-electron chi connectivity index (χ3n) is 5.54. The van der Waals surface area contributed by atoms with Gasteiger partial charge in [0.15, 0.2) is 0 Å². The number of alkyl halides is 3. The first-order valence-electron chi connectivity index (χ1n) is 9.95. The molecule has 0 radical (unpaired) electrons. The van der Waals surface area contributed by atoms with Crippen LogP contribution in [0.3, 0.4) is 0 Å². The summed E-state index contributed by atoms with van der Waals surface area (Å²) in [5.74, 6) is -5.77. The number of fused-ring (bicyclic) bond motifs is 1. The number of rotatable bonds is 2. The quantitative estimate of drug-likeness (QED) is 0.647. The molecule has 2 aromatic rings. The monoisotopic (exact) mass is 454 g/mol. The number of anilines is 2. The molecule has 0 spiro atoms. The number of nitrogens with zero attached hydrogens (tertiary/aromatic N) is 2. The average Bonchev–Trinajstić information content (AvgIpc) is 3.02. The smallest absolute Gasteiger partial charge is 0.273 e. The van der Waals surface area contributed by atoms with Gasteiger partial charge in [0.05, 0.1) is 28.8 Å². The van der Waals surface area contributed by atoms with Crippen LogP contribution in [0.4, 0.5) is 24.5 Å². The van der Waals surface area contributed by atoms with Crippen LogP contribution in [0.25, 0.3) is 0 Å². The van der Waals surface area contributed by atoms with Gasteiger partial charge >= 0.3 is 6.18 Å². The molecule has 4 amide bonds. The maximum Gasteiger partial charge on any atom is 0.418 e. The van der Waals surface area contributed by atoms with Gasteiger partial charge in [-0.2, -0.15) is 13.2 Å². The number of imide groups is 2. The standard InChI is InChI=1S/C24H17F3N2O4/c1-14-6-2-4-8-18(14)28-20(30)12-10-15-16(11-13-21(28)31)23(33)29(22(15)32)19-9-5-3-7-17(19)24(25,26)27/h2-13,15-16H,1H3/b12-10+,13-11+. The molecule has 2 aliphatic rings. The number of halogens is 3. The Bertz CT molecular complexity index is 1190. The molecule has 0 aromatic heterocycles. The summed E-state index contributed by atoms with van der Waals surface area (Å²) in [7, 11) is 0. The second-order valence-corrected chi connectivity index (χ2v) is 7.59. The lowest BCUT2D eigenvalue weighted by Crippen LogP contribution is -2.35. The maximum atomic E-state index is 13.5. The Balaban J connectivity index is 1.75. The van der Waals surface area contributed by atoms with Gasteiger partial charge in [-0.25, -0.2) is 9.80 Å². The molecule has 0 aliphatic carbocycles. The van der Waals surface area contributed by atoms with Crippen molar-refractivity contribution in [2.45, 2.75) is 13.1 Å². The van der Waals surface area contributed by atoms with Gasteiger partial charge in [-0.3, -0.25) is 19.2 Å². The van der Waals surface area contributed by atoms with Crippen molar-refractivity contribution in [1.29, 1.82) is 0 Å². The summed E-state index contributed by atoms with van der Waals surface area (Å²) in [6.07, 6.45) is -0.462. The van der Waals surface area contributed by atoms with Gasteiger partial charge in [0.25, 0.3) is 11.8 Å². The fourth-order valence-corrected chi connectivity index (χ4v) is 3.95. The molecule has 2 heterocycles. The fraction of sp³-hybridized carbons (Fsp3) is 0.167. The Labute approximate surface area is 186 Å². The average molecular weight is 454 g/mol. The summed E-state index contributed by atoms with van der Waals surface area (Å²) >= 11 is 0. The number of hydrogen-bond acceptors (Lipinski definition) is 4. The van der Waals surface area contributed by atoms with Crippen molar-refractivity contribution in [3.8, 4) is 0 Å². The van der Waals surface area contributed by atoms with Crippen molar-refractivity contribution in [3.63, 3.8) is 0 Å². The van der Waals surface area contributed by atoms with Crippen LogP contribution in [0.2, 0.25) is 0 Å². The van der Waals surface area contributed by atoms with Crippen LogP contribution in [-0.4, -0.2) is 23.6 Å². The van der Waals surface area contributed by atoms with Gasteiger partial charge in [0.1, 0.15) is 0 Å². The molecular weight excluding hydrogens is 437 g/mol. The van der Waals surface area contributed by atoms with Crippen molar-refractivity contribution in [3.05, 3.63) is 84.0 Å². The first kappa shape index (κ1) is 22.2. The fourth-order valence-electron chi connectivity index (χ4n) is 3.95. The number of hydrogen-bond donors (Lipinski definition) is 0. The zero-order valence-electron chi connectivity index (χ0n) is 17.2. The van der Waals surface area contributed by atoms with E-state index < -0.39 is 52.9 Å². The minimum Gasteiger partial charge on any atom is -0.273 e. The molecule has 0 saturated carbocycles. The van der Waals surface area contributed by atoms with Crippen molar-refractivity contribution in [1.82, 2.24) is 0 Å². The topological polar surface area (TPSA) is 74.8 Å². The number of para-hydroxylation sites is 2. The van der Waals surface area contributed by atoms with Crippen LogP contribution in [0.1, 0.15) is 11.1 Å². The van der Waals surface area contributed by atoms with Crippen LogP contribution in [0, 0.1) is 18.8 Å². The molecule has 9 heteroatoms. The Morgan fingerprint density at radius 3 is 1.70 bits per heavy atom. The van der Waals surface area contributed by atoms with E-state index in [2.05, 4.69) is 0 Å². The second kappa shape index (κ2) is 8.16. The lowest BCUT2D eigenvalue weighted by atomic mass is 9.94. The van der Waals surface area contributed by atoms with Crippen molar-refractivity contribution in [2.24, 2.45) is 11.8 Å². The van der Waals surface area contributed by atoms with E-state index in [0.29, 0.717) is 16.2 Å². The van der Waals surface area contributed by atoms with Crippen molar-refractivity contribution < 1.29 is 32.3 Å². The molecular formula is C24H17F3N2O4. The van der Waals surface area contributed by atoms with E-state index in [1.165, 1.54) is 6.07 Å². The van der Waals surface area contributed by atoms with Crippen LogP contribution >= 0.6 is 0 Å². The Morgan fingerprint density at radius 1 is 0.697 bits per heavy atom. The molecule has 1 fully saturated rings. The Kier molecular flexibility index (Phi) is 5.49. The number of amides is 4. The summed E-state index contributed by atoms with van der Waals surface area (Å²) in [5, 5.41) is 0. The predicted octanol–water partition coefficient (Wildman–Crippen LogP) is 3.81. The van der Waals surface area contributed by atoms with Crippen LogP contribution in [0.15, 0.2) is 72.8 Å². The normalized spacial score (nSPS) is 23.2. The molecule has 2 aliphatic heterocycles. The van der Waals surface area contributed by atoms with E-state index >= 15 is 0 Å². The number of aryl methyl sites for hydroxylation is 1. The van der Waals surface area contributed by atoms with E-state index in [4.69, 9.17) is 0 Å². The molecule has 0 N–H and O–H groups in total.